The topological polar surface area (TPSA) is 69.2 Å². The number of nitrogens with two attached hydrogens (primary N) is 1. The van der Waals surface area contributed by atoms with Crippen LogP contribution in [0.25, 0.3) is 0 Å². The number of halogens is 1. The van der Waals surface area contributed by atoms with E-state index in [1.54, 1.807) is 6.08 Å². The minimum atomic E-state index is -0.654. The molecule has 0 amide bonds. The van der Waals surface area contributed by atoms with E-state index in [2.05, 4.69) is 6.58 Å². The van der Waals surface area contributed by atoms with E-state index in [0.717, 1.165) is 6.07 Å². The number of benzene rings is 1. The number of rotatable bonds is 4. The van der Waals surface area contributed by atoms with Crippen molar-refractivity contribution < 1.29 is 9.31 Å². The van der Waals surface area contributed by atoms with Gasteiger partial charge in [0.1, 0.15) is 5.82 Å². The van der Waals surface area contributed by atoms with E-state index in [-0.39, 0.29) is 11.3 Å². The van der Waals surface area contributed by atoms with Crippen molar-refractivity contribution in [2.24, 2.45) is 5.73 Å². The molecule has 80 valence electrons. The first kappa shape index (κ1) is 11.3. The Morgan fingerprint density at radius 2 is 2.33 bits per heavy atom. The fourth-order valence-corrected chi connectivity index (χ4v) is 1.24. The van der Waals surface area contributed by atoms with Crippen molar-refractivity contribution in [1.82, 2.24) is 0 Å². The number of hydrogen-bond donors (Lipinski definition) is 1. The van der Waals surface area contributed by atoms with Crippen LogP contribution in [0, 0.1) is 15.9 Å². The summed E-state index contributed by atoms with van der Waals surface area (Å²) in [7, 11) is 0. The molecule has 0 saturated carbocycles. The average molecular weight is 210 g/mol. The highest BCUT2D eigenvalue weighted by molar-refractivity contribution is 5.35. The lowest BCUT2D eigenvalue weighted by Crippen LogP contribution is -2.11. The van der Waals surface area contributed by atoms with Crippen LogP contribution in [0.15, 0.2) is 30.9 Å². The van der Waals surface area contributed by atoms with E-state index >= 15 is 0 Å². The summed E-state index contributed by atoms with van der Waals surface area (Å²) < 4.78 is 13.4. The maximum Gasteiger partial charge on any atom is 0.272 e. The van der Waals surface area contributed by atoms with Gasteiger partial charge in [0, 0.05) is 17.7 Å². The highest BCUT2D eigenvalue weighted by Gasteiger charge is 2.14. The van der Waals surface area contributed by atoms with E-state index in [9.17, 15) is 14.5 Å². The predicted molar refractivity (Wildman–Crippen MR) is 54.8 cm³/mol. The molecule has 0 saturated heterocycles. The molecule has 1 aromatic carbocycles. The Hall–Kier alpha value is -1.75. The second-order valence-corrected chi connectivity index (χ2v) is 3.09. The SMILES string of the molecule is C=CCC(N)c1ccc([N+](=O)[O-])cc1F. The molecule has 0 fully saturated rings. The molecule has 0 spiro atoms. The van der Waals surface area contributed by atoms with Crippen molar-refractivity contribution in [2.45, 2.75) is 12.5 Å². The second-order valence-electron chi connectivity index (χ2n) is 3.09. The predicted octanol–water partition coefficient (Wildman–Crippen LogP) is 2.31. The Bertz CT molecular complexity index is 393. The van der Waals surface area contributed by atoms with Crippen LogP contribution in [0.2, 0.25) is 0 Å². The molecule has 0 radical (unpaired) electrons. The van der Waals surface area contributed by atoms with Gasteiger partial charge in [-0.1, -0.05) is 6.08 Å². The number of nitrogens with zero attached hydrogens (tertiary/aromatic N) is 1. The van der Waals surface area contributed by atoms with Crippen LogP contribution in [0.3, 0.4) is 0 Å². The molecule has 0 bridgehead atoms. The monoisotopic (exact) mass is 210 g/mol. The lowest BCUT2D eigenvalue weighted by molar-refractivity contribution is -0.385. The van der Waals surface area contributed by atoms with Crippen molar-refractivity contribution in [3.05, 3.63) is 52.3 Å². The van der Waals surface area contributed by atoms with Gasteiger partial charge in [0.2, 0.25) is 0 Å². The van der Waals surface area contributed by atoms with Gasteiger partial charge in [0.25, 0.3) is 5.69 Å². The summed E-state index contributed by atoms with van der Waals surface area (Å²) in [6, 6.07) is 2.93. The molecule has 0 aliphatic rings. The second kappa shape index (κ2) is 4.65. The summed E-state index contributed by atoms with van der Waals surface area (Å²) in [5.41, 5.74) is 5.64. The van der Waals surface area contributed by atoms with Crippen molar-refractivity contribution in [3.63, 3.8) is 0 Å². The molecule has 0 aliphatic heterocycles. The van der Waals surface area contributed by atoms with Crippen LogP contribution in [0.1, 0.15) is 18.0 Å². The summed E-state index contributed by atoms with van der Waals surface area (Å²) in [6.45, 7) is 3.49. The minimum Gasteiger partial charge on any atom is -0.324 e. The zero-order valence-corrected chi connectivity index (χ0v) is 8.02. The van der Waals surface area contributed by atoms with E-state index < -0.39 is 16.8 Å². The summed E-state index contributed by atoms with van der Waals surface area (Å²) in [4.78, 5) is 9.70. The molecule has 0 aromatic heterocycles. The Kier molecular flexibility index (Phi) is 3.51. The lowest BCUT2D eigenvalue weighted by atomic mass is 10.0. The molecule has 1 rings (SSSR count). The molecule has 1 atom stereocenters. The van der Waals surface area contributed by atoms with Gasteiger partial charge in [-0.15, -0.1) is 6.58 Å². The molecule has 5 heteroatoms. The Balaban J connectivity index is 3.02. The molecule has 2 N–H and O–H groups in total. The Morgan fingerprint density at radius 1 is 1.67 bits per heavy atom. The molecule has 1 aromatic rings. The highest BCUT2D eigenvalue weighted by Crippen LogP contribution is 2.22. The van der Waals surface area contributed by atoms with Crippen LogP contribution < -0.4 is 5.73 Å². The van der Waals surface area contributed by atoms with Gasteiger partial charge in [-0.25, -0.2) is 4.39 Å². The smallest absolute Gasteiger partial charge is 0.272 e. The number of nitro groups is 1. The standard InChI is InChI=1S/C10H11FN2O2/c1-2-3-10(12)8-5-4-7(13(14)15)6-9(8)11/h2,4-6,10H,1,3,12H2. The maximum absolute atomic E-state index is 13.4. The first-order valence-corrected chi connectivity index (χ1v) is 4.36. The first-order chi connectivity index (χ1) is 7.06. The molecule has 15 heavy (non-hydrogen) atoms. The van der Waals surface area contributed by atoms with E-state index in [1.165, 1.54) is 12.1 Å². The Labute approximate surface area is 86.4 Å². The zero-order chi connectivity index (χ0) is 11.4. The van der Waals surface area contributed by atoms with Gasteiger partial charge in [0.15, 0.2) is 0 Å². The molecular weight excluding hydrogens is 199 g/mol. The van der Waals surface area contributed by atoms with Crippen LogP contribution in [-0.2, 0) is 0 Å². The van der Waals surface area contributed by atoms with Gasteiger partial charge in [0.05, 0.1) is 11.0 Å². The third kappa shape index (κ3) is 2.60. The number of hydrogen-bond acceptors (Lipinski definition) is 3. The molecule has 4 nitrogen and oxygen atoms in total. The number of nitro benzene ring substituents is 1. The third-order valence-electron chi connectivity index (χ3n) is 2.01. The van der Waals surface area contributed by atoms with Gasteiger partial charge in [-0.05, 0) is 12.5 Å². The van der Waals surface area contributed by atoms with E-state index in [4.69, 9.17) is 5.73 Å². The highest BCUT2D eigenvalue weighted by atomic mass is 19.1. The normalized spacial score (nSPS) is 12.1. The molecule has 0 aliphatic carbocycles. The largest absolute Gasteiger partial charge is 0.324 e. The number of non-ortho nitro benzene ring substituents is 1. The van der Waals surface area contributed by atoms with Gasteiger partial charge in [-0.2, -0.15) is 0 Å². The third-order valence-corrected chi connectivity index (χ3v) is 2.01. The van der Waals surface area contributed by atoms with Crippen LogP contribution in [-0.4, -0.2) is 4.92 Å². The lowest BCUT2D eigenvalue weighted by Gasteiger charge is -2.09. The fourth-order valence-electron chi connectivity index (χ4n) is 1.24. The van der Waals surface area contributed by atoms with E-state index in [1.807, 2.05) is 0 Å². The Morgan fingerprint density at radius 3 is 2.80 bits per heavy atom. The summed E-state index contributed by atoms with van der Waals surface area (Å²) >= 11 is 0. The average Bonchev–Trinajstić information content (AvgIpc) is 2.17. The van der Waals surface area contributed by atoms with Crippen molar-refractivity contribution in [2.75, 3.05) is 0 Å². The van der Waals surface area contributed by atoms with Crippen molar-refractivity contribution in [1.29, 1.82) is 0 Å². The maximum atomic E-state index is 13.4. The van der Waals surface area contributed by atoms with E-state index in [0.29, 0.717) is 6.42 Å². The zero-order valence-electron chi connectivity index (χ0n) is 8.02. The van der Waals surface area contributed by atoms with Gasteiger partial charge >= 0.3 is 0 Å². The summed E-state index contributed by atoms with van der Waals surface area (Å²) in [6.07, 6.45) is 2.00. The quantitative estimate of drug-likeness (QED) is 0.471. The molecule has 1 unspecified atom stereocenters. The minimum absolute atomic E-state index is 0.264. The van der Waals surface area contributed by atoms with Gasteiger partial charge < -0.3 is 5.73 Å². The van der Waals surface area contributed by atoms with Gasteiger partial charge in [-0.3, -0.25) is 10.1 Å². The first-order valence-electron chi connectivity index (χ1n) is 4.36. The molecule has 0 heterocycles. The summed E-state index contributed by atoms with van der Waals surface area (Å²) in [5, 5.41) is 10.4. The summed E-state index contributed by atoms with van der Waals surface area (Å²) in [5.74, 6) is -0.654. The van der Waals surface area contributed by atoms with Crippen molar-refractivity contribution >= 4 is 5.69 Å². The van der Waals surface area contributed by atoms with Crippen LogP contribution in [0.5, 0.6) is 0 Å². The van der Waals surface area contributed by atoms with Crippen LogP contribution in [0.4, 0.5) is 10.1 Å². The fraction of sp³-hybridized carbons (Fsp3) is 0.200. The van der Waals surface area contributed by atoms with Crippen molar-refractivity contribution in [3.8, 4) is 0 Å². The molecular formula is C10H11FN2O2. The van der Waals surface area contributed by atoms with Crippen LogP contribution >= 0.6 is 0 Å².